The third-order valence-electron chi connectivity index (χ3n) is 6.51. The maximum absolute atomic E-state index is 14.8. The van der Waals surface area contributed by atoms with E-state index in [4.69, 9.17) is 0 Å². The number of benzene rings is 3. The van der Waals surface area contributed by atoms with Crippen molar-refractivity contribution >= 4 is 27.5 Å². The number of nitrogens with zero attached hydrogens (tertiary/aromatic N) is 2. The zero-order chi connectivity index (χ0) is 30.2. The first-order chi connectivity index (χ1) is 19.2. The van der Waals surface area contributed by atoms with E-state index in [-0.39, 0.29) is 44.2 Å². The summed E-state index contributed by atoms with van der Waals surface area (Å²) in [6.45, 7) is 7.44. The molecule has 1 atom stereocenters. The topological polar surface area (TPSA) is 86.8 Å². The molecule has 0 aliphatic carbocycles. The van der Waals surface area contributed by atoms with Gasteiger partial charge in [0.05, 0.1) is 11.9 Å². The Morgan fingerprint density at radius 1 is 0.951 bits per heavy atom. The van der Waals surface area contributed by atoms with E-state index in [0.29, 0.717) is 11.3 Å². The molecule has 7 nitrogen and oxygen atoms in total. The van der Waals surface area contributed by atoms with Crippen molar-refractivity contribution in [2.24, 2.45) is 0 Å². The largest absolute Gasteiger partial charge is 0.350 e. The Kier molecular flexibility index (Phi) is 10.7. The molecule has 0 aliphatic heterocycles. The second-order valence-electron chi connectivity index (χ2n) is 11.3. The molecular weight excluding hydrogens is 541 g/mol. The molecule has 0 spiro atoms. The summed E-state index contributed by atoms with van der Waals surface area (Å²) in [7, 11) is -3.60. The molecule has 0 unspecified atom stereocenters. The summed E-state index contributed by atoms with van der Waals surface area (Å²) in [6.07, 6.45) is 1.56. The van der Waals surface area contributed by atoms with Crippen LogP contribution in [0.25, 0.3) is 0 Å². The minimum Gasteiger partial charge on any atom is -0.350 e. The zero-order valence-corrected chi connectivity index (χ0v) is 25.2. The summed E-state index contributed by atoms with van der Waals surface area (Å²) in [5.41, 5.74) is 2.03. The van der Waals surface area contributed by atoms with Crippen LogP contribution in [0.1, 0.15) is 50.3 Å². The number of halogens is 1. The summed E-state index contributed by atoms with van der Waals surface area (Å²) in [5.74, 6) is -1.18. The van der Waals surface area contributed by atoms with Crippen molar-refractivity contribution in [3.8, 4) is 0 Å². The molecule has 3 rings (SSSR count). The van der Waals surface area contributed by atoms with Crippen molar-refractivity contribution in [1.29, 1.82) is 0 Å². The highest BCUT2D eigenvalue weighted by molar-refractivity contribution is 7.92. The molecule has 3 aromatic carbocycles. The lowest BCUT2D eigenvalue weighted by atomic mass is 10.00. The third kappa shape index (κ3) is 9.70. The fourth-order valence-electron chi connectivity index (χ4n) is 4.60. The first-order valence-electron chi connectivity index (χ1n) is 13.7. The average Bonchev–Trinajstić information content (AvgIpc) is 2.88. The van der Waals surface area contributed by atoms with Gasteiger partial charge in [0.15, 0.2) is 0 Å². The Labute approximate surface area is 243 Å². The minimum atomic E-state index is -3.60. The number of aryl methyl sites for hydroxylation is 1. The van der Waals surface area contributed by atoms with Crippen LogP contribution in [0.15, 0.2) is 78.9 Å². The second kappa shape index (κ2) is 13.8. The first-order valence-corrected chi connectivity index (χ1v) is 15.5. The number of sulfonamides is 1. The van der Waals surface area contributed by atoms with Crippen LogP contribution in [0.5, 0.6) is 0 Å². The van der Waals surface area contributed by atoms with Gasteiger partial charge in [-0.25, -0.2) is 12.8 Å². The van der Waals surface area contributed by atoms with E-state index < -0.39 is 27.4 Å². The smallest absolute Gasteiger partial charge is 0.243 e. The summed E-state index contributed by atoms with van der Waals surface area (Å²) < 4.78 is 41.3. The second-order valence-corrected chi connectivity index (χ2v) is 13.2. The van der Waals surface area contributed by atoms with Gasteiger partial charge in [0.2, 0.25) is 21.8 Å². The Morgan fingerprint density at radius 3 is 2.22 bits per heavy atom. The van der Waals surface area contributed by atoms with E-state index in [2.05, 4.69) is 5.32 Å². The number of nitrogens with one attached hydrogen (secondary N) is 1. The molecule has 2 amide bonds. The fourth-order valence-corrected chi connectivity index (χ4v) is 5.56. The van der Waals surface area contributed by atoms with Crippen LogP contribution in [0.4, 0.5) is 10.1 Å². The van der Waals surface area contributed by atoms with Crippen molar-refractivity contribution in [2.75, 3.05) is 17.1 Å². The van der Waals surface area contributed by atoms with Crippen molar-refractivity contribution in [3.05, 3.63) is 101 Å². The van der Waals surface area contributed by atoms with Gasteiger partial charge in [0, 0.05) is 37.0 Å². The Hall–Kier alpha value is -3.72. The number of hydrogen-bond acceptors (Lipinski definition) is 4. The Balaban J connectivity index is 1.91. The van der Waals surface area contributed by atoms with Crippen molar-refractivity contribution in [1.82, 2.24) is 10.2 Å². The number of carbonyl (C=O) groups excluding carboxylic acids is 2. The lowest BCUT2D eigenvalue weighted by Gasteiger charge is -2.34. The predicted molar refractivity (Wildman–Crippen MR) is 161 cm³/mol. The van der Waals surface area contributed by atoms with E-state index in [9.17, 15) is 22.4 Å². The summed E-state index contributed by atoms with van der Waals surface area (Å²) in [6, 6.07) is 21.8. The minimum absolute atomic E-state index is 0.0274. The van der Waals surface area contributed by atoms with Crippen LogP contribution in [0.3, 0.4) is 0 Å². The number of hydrogen-bond donors (Lipinski definition) is 1. The molecule has 3 aromatic rings. The third-order valence-corrected chi connectivity index (χ3v) is 7.70. The van der Waals surface area contributed by atoms with Crippen LogP contribution in [0.2, 0.25) is 0 Å². The molecule has 9 heteroatoms. The van der Waals surface area contributed by atoms with Gasteiger partial charge in [-0.3, -0.25) is 13.9 Å². The lowest BCUT2D eigenvalue weighted by Crippen LogP contribution is -2.54. The van der Waals surface area contributed by atoms with Gasteiger partial charge in [-0.15, -0.1) is 0 Å². The van der Waals surface area contributed by atoms with Crippen LogP contribution in [-0.4, -0.2) is 49.5 Å². The highest BCUT2D eigenvalue weighted by atomic mass is 32.2. The van der Waals surface area contributed by atoms with E-state index in [1.165, 1.54) is 15.3 Å². The van der Waals surface area contributed by atoms with Gasteiger partial charge in [-0.05, 0) is 63.4 Å². The Bertz CT molecular complexity index is 1440. The maximum Gasteiger partial charge on any atom is 0.243 e. The zero-order valence-electron chi connectivity index (χ0n) is 24.4. The highest BCUT2D eigenvalue weighted by Gasteiger charge is 2.32. The molecule has 0 heterocycles. The molecule has 0 aliphatic rings. The molecule has 0 saturated heterocycles. The van der Waals surface area contributed by atoms with Crippen molar-refractivity contribution in [2.45, 2.75) is 65.1 Å². The van der Waals surface area contributed by atoms with Crippen LogP contribution in [0, 0.1) is 12.7 Å². The summed E-state index contributed by atoms with van der Waals surface area (Å²) in [5, 5.41) is 2.98. The Morgan fingerprint density at radius 2 is 1.61 bits per heavy atom. The normalized spacial score (nSPS) is 12.4. The molecule has 41 heavy (non-hydrogen) atoms. The number of rotatable bonds is 12. The fraction of sp³-hybridized carbons (Fsp3) is 0.375. The number of amides is 2. The van der Waals surface area contributed by atoms with Crippen molar-refractivity contribution in [3.63, 3.8) is 0 Å². The monoisotopic (exact) mass is 581 g/mol. The average molecular weight is 582 g/mol. The van der Waals surface area contributed by atoms with Gasteiger partial charge in [0.25, 0.3) is 0 Å². The van der Waals surface area contributed by atoms with Crippen LogP contribution >= 0.6 is 0 Å². The van der Waals surface area contributed by atoms with Gasteiger partial charge < -0.3 is 10.2 Å². The van der Waals surface area contributed by atoms with Gasteiger partial charge in [0.1, 0.15) is 11.9 Å². The molecule has 0 saturated carbocycles. The quantitative estimate of drug-likeness (QED) is 0.317. The van der Waals surface area contributed by atoms with Gasteiger partial charge >= 0.3 is 0 Å². The predicted octanol–water partition coefficient (Wildman–Crippen LogP) is 5.24. The standard InChI is InChI=1S/C32H40FN3O4S/c1-24-13-11-17-27(21-24)36(41(5,39)40)20-12-19-30(37)35(23-26-16-9-10-18-28(26)33)29(31(38)34-32(2,3)4)22-25-14-7-6-8-15-25/h6-11,13-18,21,29H,12,19-20,22-23H2,1-5H3,(H,34,38)/t29-/m1/s1. The number of carbonyl (C=O) groups is 2. The molecule has 0 bridgehead atoms. The molecule has 0 aromatic heterocycles. The lowest BCUT2D eigenvalue weighted by molar-refractivity contribution is -0.142. The van der Waals surface area contributed by atoms with E-state index in [0.717, 1.165) is 17.4 Å². The van der Waals surface area contributed by atoms with E-state index in [1.54, 1.807) is 36.4 Å². The van der Waals surface area contributed by atoms with Crippen LogP contribution in [-0.2, 0) is 32.6 Å². The first kappa shape index (κ1) is 31.8. The maximum atomic E-state index is 14.8. The van der Waals surface area contributed by atoms with E-state index >= 15 is 0 Å². The summed E-state index contributed by atoms with van der Waals surface area (Å²) >= 11 is 0. The van der Waals surface area contributed by atoms with Gasteiger partial charge in [-0.2, -0.15) is 0 Å². The van der Waals surface area contributed by atoms with Gasteiger partial charge in [-0.1, -0.05) is 60.7 Å². The number of anilines is 1. The van der Waals surface area contributed by atoms with Crippen LogP contribution < -0.4 is 9.62 Å². The molecule has 0 radical (unpaired) electrons. The highest BCUT2D eigenvalue weighted by Crippen LogP contribution is 2.22. The van der Waals surface area contributed by atoms with E-state index in [1.807, 2.05) is 64.1 Å². The SMILES string of the molecule is Cc1cccc(N(CCCC(=O)N(Cc2ccccc2F)[C@H](Cc2ccccc2)C(=O)NC(C)(C)C)S(C)(=O)=O)c1. The molecular formula is C32H40FN3O4S. The van der Waals surface area contributed by atoms with Crippen molar-refractivity contribution < 1.29 is 22.4 Å². The molecule has 220 valence electrons. The molecule has 0 fully saturated rings. The molecule has 1 N–H and O–H groups in total. The summed E-state index contributed by atoms with van der Waals surface area (Å²) in [4.78, 5) is 28.9.